The molecule has 1 aromatic rings. The monoisotopic (exact) mass is 342 g/mol. The predicted octanol–water partition coefficient (Wildman–Crippen LogP) is 2.62. The summed E-state index contributed by atoms with van der Waals surface area (Å²) in [4.78, 5) is 17.9. The minimum Gasteiger partial charge on any atom is -0.369 e. The van der Waals surface area contributed by atoms with E-state index in [-0.39, 0.29) is 5.91 Å². The Morgan fingerprint density at radius 1 is 1.12 bits per heavy atom. The maximum atomic E-state index is 12.7. The molecule has 136 valence electrons. The molecular weight excluding hydrogens is 312 g/mol. The summed E-state index contributed by atoms with van der Waals surface area (Å²) in [5.41, 5.74) is 1.54. The zero-order valence-electron chi connectivity index (χ0n) is 15.3. The maximum Gasteiger partial charge on any atom is 0.250 e. The van der Waals surface area contributed by atoms with Gasteiger partial charge in [-0.15, -0.1) is 0 Å². The molecule has 3 aliphatic rings. The summed E-state index contributed by atoms with van der Waals surface area (Å²) >= 11 is 0. The van der Waals surface area contributed by atoms with Crippen molar-refractivity contribution in [2.24, 2.45) is 5.92 Å². The van der Waals surface area contributed by atoms with Gasteiger partial charge >= 0.3 is 0 Å². The fourth-order valence-electron chi connectivity index (χ4n) is 4.68. The summed E-state index contributed by atoms with van der Waals surface area (Å²) in [5.74, 6) is 0.928. The molecule has 1 atom stereocenters. The van der Waals surface area contributed by atoms with Crippen LogP contribution in [0.3, 0.4) is 0 Å². The molecule has 5 nitrogen and oxygen atoms in total. The van der Waals surface area contributed by atoms with Gasteiger partial charge in [-0.05, 0) is 56.8 Å². The van der Waals surface area contributed by atoms with E-state index in [4.69, 9.17) is 0 Å². The van der Waals surface area contributed by atoms with E-state index in [1.165, 1.54) is 39.0 Å². The van der Waals surface area contributed by atoms with Gasteiger partial charge in [-0.2, -0.15) is 0 Å². The van der Waals surface area contributed by atoms with E-state index in [1.807, 2.05) is 18.2 Å². The Morgan fingerprint density at radius 3 is 2.64 bits per heavy atom. The molecule has 3 heterocycles. The van der Waals surface area contributed by atoms with Gasteiger partial charge in [0, 0.05) is 26.2 Å². The lowest BCUT2D eigenvalue weighted by Crippen LogP contribution is -2.59. The van der Waals surface area contributed by atoms with Gasteiger partial charge in [0.2, 0.25) is 5.91 Å². The number of nitrogens with zero attached hydrogens (tertiary/aromatic N) is 2. The van der Waals surface area contributed by atoms with Crippen LogP contribution in [0.15, 0.2) is 24.3 Å². The minimum atomic E-state index is -0.424. The molecular formula is C20H30N4O. The Hall–Kier alpha value is -1.59. The second kappa shape index (κ2) is 6.96. The molecule has 2 saturated heterocycles. The molecule has 0 saturated carbocycles. The van der Waals surface area contributed by atoms with Gasteiger partial charge < -0.3 is 20.4 Å². The summed E-state index contributed by atoms with van der Waals surface area (Å²) < 4.78 is 0. The molecule has 0 radical (unpaired) electrons. The largest absolute Gasteiger partial charge is 0.369 e. The Labute approximate surface area is 150 Å². The van der Waals surface area contributed by atoms with Crippen molar-refractivity contribution >= 4 is 17.3 Å². The summed E-state index contributed by atoms with van der Waals surface area (Å²) in [6, 6.07) is 8.01. The highest BCUT2D eigenvalue weighted by Gasteiger charge is 2.44. The molecule has 1 amide bonds. The molecule has 3 aliphatic heterocycles. The average Bonchev–Trinajstić information content (AvgIpc) is 2.65. The van der Waals surface area contributed by atoms with Gasteiger partial charge in [-0.3, -0.25) is 4.79 Å². The Kier molecular flexibility index (Phi) is 4.69. The number of para-hydroxylation sites is 2. The zero-order valence-corrected chi connectivity index (χ0v) is 15.3. The van der Waals surface area contributed by atoms with Crippen LogP contribution < -0.4 is 10.6 Å². The van der Waals surface area contributed by atoms with Crippen LogP contribution >= 0.6 is 0 Å². The summed E-state index contributed by atoms with van der Waals surface area (Å²) in [7, 11) is 0. The van der Waals surface area contributed by atoms with E-state index in [1.54, 1.807) is 0 Å². The third-order valence-electron chi connectivity index (χ3n) is 6.26. The number of amides is 1. The van der Waals surface area contributed by atoms with Crippen LogP contribution in [0.2, 0.25) is 0 Å². The third-order valence-corrected chi connectivity index (χ3v) is 6.26. The van der Waals surface area contributed by atoms with Gasteiger partial charge in [-0.1, -0.05) is 19.1 Å². The first-order chi connectivity index (χ1) is 12.2. The number of likely N-dealkylation sites (tertiary alicyclic amines) is 2. The average molecular weight is 342 g/mol. The topological polar surface area (TPSA) is 47.6 Å². The van der Waals surface area contributed by atoms with Crippen molar-refractivity contribution in [3.8, 4) is 0 Å². The van der Waals surface area contributed by atoms with Crippen molar-refractivity contribution in [2.75, 3.05) is 49.9 Å². The van der Waals surface area contributed by atoms with Crippen molar-refractivity contribution < 1.29 is 4.79 Å². The number of benzene rings is 1. The number of carbonyl (C=O) groups is 1. The SMILES string of the molecule is CCN1CCC[C@H](CN2CCC3(CC2)Nc2ccccc2NC3=O)C1. The third kappa shape index (κ3) is 3.40. The Bertz CT molecular complexity index is 624. The molecule has 0 aliphatic carbocycles. The maximum absolute atomic E-state index is 12.7. The number of hydrogen-bond acceptors (Lipinski definition) is 4. The van der Waals surface area contributed by atoms with Crippen LogP contribution in [0.4, 0.5) is 11.4 Å². The molecule has 5 heteroatoms. The van der Waals surface area contributed by atoms with Crippen LogP contribution in [0.25, 0.3) is 0 Å². The smallest absolute Gasteiger partial charge is 0.250 e. The van der Waals surface area contributed by atoms with Crippen LogP contribution in [0.5, 0.6) is 0 Å². The van der Waals surface area contributed by atoms with Gasteiger partial charge in [0.1, 0.15) is 5.54 Å². The molecule has 4 rings (SSSR count). The molecule has 2 N–H and O–H groups in total. The fraction of sp³-hybridized carbons (Fsp3) is 0.650. The number of anilines is 2. The Balaban J connectivity index is 1.36. The Morgan fingerprint density at radius 2 is 1.88 bits per heavy atom. The number of piperidine rings is 2. The van der Waals surface area contributed by atoms with Crippen molar-refractivity contribution in [2.45, 2.75) is 38.1 Å². The number of nitrogens with one attached hydrogen (secondary N) is 2. The molecule has 0 unspecified atom stereocenters. The number of rotatable bonds is 3. The fourth-order valence-corrected chi connectivity index (χ4v) is 4.68. The standard InChI is InChI=1S/C20H30N4O/c1-2-23-11-5-6-16(14-23)15-24-12-9-20(10-13-24)19(25)21-17-7-3-4-8-18(17)22-20/h3-4,7-8,16,22H,2,5-6,9-15H2,1H3,(H,21,25)/t16-/m0/s1. The van der Waals surface area contributed by atoms with Crippen LogP contribution in [-0.2, 0) is 4.79 Å². The van der Waals surface area contributed by atoms with Crippen molar-refractivity contribution in [1.82, 2.24) is 9.80 Å². The molecule has 0 aromatic heterocycles. The van der Waals surface area contributed by atoms with Crippen molar-refractivity contribution in [1.29, 1.82) is 0 Å². The van der Waals surface area contributed by atoms with E-state index in [2.05, 4.69) is 33.4 Å². The zero-order chi connectivity index (χ0) is 17.3. The normalized spacial score (nSPS) is 26.8. The molecule has 1 spiro atoms. The van der Waals surface area contributed by atoms with Gasteiger partial charge in [0.25, 0.3) is 0 Å². The molecule has 1 aromatic carbocycles. The van der Waals surface area contributed by atoms with Crippen molar-refractivity contribution in [3.63, 3.8) is 0 Å². The first kappa shape index (κ1) is 16.9. The first-order valence-corrected chi connectivity index (χ1v) is 9.82. The summed E-state index contributed by atoms with van der Waals surface area (Å²) in [6.45, 7) is 9.13. The van der Waals surface area contributed by atoms with E-state index in [0.29, 0.717) is 0 Å². The second-order valence-electron chi connectivity index (χ2n) is 7.91. The van der Waals surface area contributed by atoms with Crippen molar-refractivity contribution in [3.05, 3.63) is 24.3 Å². The highest BCUT2D eigenvalue weighted by atomic mass is 16.2. The minimum absolute atomic E-state index is 0.140. The number of fused-ring (bicyclic) bond motifs is 1. The van der Waals surface area contributed by atoms with Crippen LogP contribution in [0.1, 0.15) is 32.6 Å². The van der Waals surface area contributed by atoms with E-state index >= 15 is 0 Å². The lowest BCUT2D eigenvalue weighted by atomic mass is 9.84. The predicted molar refractivity (Wildman–Crippen MR) is 102 cm³/mol. The van der Waals surface area contributed by atoms with E-state index in [9.17, 15) is 4.79 Å². The summed E-state index contributed by atoms with van der Waals surface area (Å²) in [5, 5.41) is 6.66. The van der Waals surface area contributed by atoms with Gasteiger partial charge in [0.05, 0.1) is 11.4 Å². The molecule has 2 fully saturated rings. The molecule has 25 heavy (non-hydrogen) atoms. The number of hydrogen-bond donors (Lipinski definition) is 2. The second-order valence-corrected chi connectivity index (χ2v) is 7.91. The highest BCUT2D eigenvalue weighted by molar-refractivity contribution is 6.06. The lowest BCUT2D eigenvalue weighted by molar-refractivity contribution is -0.122. The number of carbonyl (C=O) groups excluding carboxylic acids is 1. The lowest BCUT2D eigenvalue weighted by Gasteiger charge is -2.45. The molecule has 0 bridgehead atoms. The van der Waals surface area contributed by atoms with Crippen LogP contribution in [0, 0.1) is 5.92 Å². The highest BCUT2D eigenvalue weighted by Crippen LogP contribution is 2.36. The van der Waals surface area contributed by atoms with E-state index < -0.39 is 5.54 Å². The summed E-state index contributed by atoms with van der Waals surface area (Å²) in [6.07, 6.45) is 4.45. The van der Waals surface area contributed by atoms with Gasteiger partial charge in [-0.25, -0.2) is 0 Å². The van der Waals surface area contributed by atoms with E-state index in [0.717, 1.165) is 43.2 Å². The quantitative estimate of drug-likeness (QED) is 0.886. The first-order valence-electron chi connectivity index (χ1n) is 9.82. The van der Waals surface area contributed by atoms with Gasteiger partial charge in [0.15, 0.2) is 0 Å². The van der Waals surface area contributed by atoms with Crippen LogP contribution in [-0.4, -0.2) is 60.5 Å².